The van der Waals surface area contributed by atoms with Crippen molar-refractivity contribution in [1.29, 1.82) is 0 Å². The fraction of sp³-hybridized carbons (Fsp3) is 0.273. The highest BCUT2D eigenvalue weighted by Gasteiger charge is 2.14. The van der Waals surface area contributed by atoms with Crippen LogP contribution < -0.4 is 15.4 Å². The van der Waals surface area contributed by atoms with E-state index in [9.17, 15) is 19.7 Å². The van der Waals surface area contributed by atoms with Crippen LogP contribution in [0.25, 0.3) is 0 Å². The Kier molecular flexibility index (Phi) is 5.27. The lowest BCUT2D eigenvalue weighted by molar-refractivity contribution is -0.385. The van der Waals surface area contributed by atoms with Crippen LogP contribution >= 0.6 is 0 Å². The summed E-state index contributed by atoms with van der Waals surface area (Å²) in [5.41, 5.74) is 0.256. The molecule has 0 aliphatic carbocycles. The van der Waals surface area contributed by atoms with Crippen LogP contribution in [0, 0.1) is 10.1 Å². The maximum atomic E-state index is 11.3. The van der Waals surface area contributed by atoms with Gasteiger partial charge in [-0.15, -0.1) is 0 Å². The van der Waals surface area contributed by atoms with Crippen LogP contribution in [0.1, 0.15) is 0 Å². The lowest BCUT2D eigenvalue weighted by atomic mass is 10.2. The van der Waals surface area contributed by atoms with Crippen LogP contribution in [0.3, 0.4) is 0 Å². The largest absolute Gasteiger partial charge is 0.490 e. The van der Waals surface area contributed by atoms with Gasteiger partial charge in [-0.1, -0.05) is 0 Å². The zero-order chi connectivity index (χ0) is 15.1. The van der Waals surface area contributed by atoms with Crippen LogP contribution in [-0.4, -0.2) is 42.1 Å². The number of nitro groups is 1. The van der Waals surface area contributed by atoms with Crippen molar-refractivity contribution in [2.75, 3.05) is 25.5 Å². The molecule has 0 aliphatic heterocycles. The maximum absolute atomic E-state index is 11.3. The van der Waals surface area contributed by atoms with Crippen molar-refractivity contribution in [3.8, 4) is 5.75 Å². The highest BCUT2D eigenvalue weighted by atomic mass is 16.6. The summed E-state index contributed by atoms with van der Waals surface area (Å²) in [7, 11) is 1.30. The summed E-state index contributed by atoms with van der Waals surface area (Å²) in [6, 6.07) is 4.05. The number of methoxy groups -OCH3 is 1. The van der Waals surface area contributed by atoms with E-state index in [4.69, 9.17) is 9.84 Å². The second kappa shape index (κ2) is 6.92. The molecular formula is C11H13N3O6. The molecule has 1 rings (SSSR count). The smallest absolute Gasteiger partial charge is 0.322 e. The minimum absolute atomic E-state index is 0.0611. The minimum atomic E-state index is -1.14. The van der Waals surface area contributed by atoms with Crippen molar-refractivity contribution >= 4 is 23.3 Å². The van der Waals surface area contributed by atoms with Gasteiger partial charge >= 0.3 is 11.7 Å². The van der Waals surface area contributed by atoms with Crippen LogP contribution in [0.4, 0.5) is 11.4 Å². The van der Waals surface area contributed by atoms with Gasteiger partial charge in [-0.3, -0.25) is 19.7 Å². The first kappa shape index (κ1) is 15.2. The van der Waals surface area contributed by atoms with E-state index in [0.29, 0.717) is 5.69 Å². The number of nitrogens with zero attached hydrogens (tertiary/aromatic N) is 1. The molecule has 9 nitrogen and oxygen atoms in total. The molecule has 0 saturated heterocycles. The number of nitro benzene ring substituents is 1. The van der Waals surface area contributed by atoms with Crippen molar-refractivity contribution in [2.45, 2.75) is 0 Å². The van der Waals surface area contributed by atoms with Gasteiger partial charge in [0.1, 0.15) is 6.54 Å². The topological polar surface area (TPSA) is 131 Å². The number of rotatable bonds is 7. The Morgan fingerprint density at radius 2 is 2.10 bits per heavy atom. The van der Waals surface area contributed by atoms with E-state index < -0.39 is 23.3 Å². The van der Waals surface area contributed by atoms with Gasteiger partial charge in [0.15, 0.2) is 5.75 Å². The van der Waals surface area contributed by atoms with E-state index in [1.165, 1.54) is 25.3 Å². The molecule has 1 aromatic rings. The molecule has 0 radical (unpaired) electrons. The van der Waals surface area contributed by atoms with Gasteiger partial charge in [0.05, 0.1) is 18.6 Å². The third-order valence-electron chi connectivity index (χ3n) is 2.27. The Hall–Kier alpha value is -2.84. The fourth-order valence-corrected chi connectivity index (χ4v) is 1.36. The fourth-order valence-electron chi connectivity index (χ4n) is 1.36. The Bertz CT molecular complexity index is 531. The summed E-state index contributed by atoms with van der Waals surface area (Å²) >= 11 is 0. The predicted molar refractivity (Wildman–Crippen MR) is 68.8 cm³/mol. The number of carboxylic acids is 1. The second-order valence-electron chi connectivity index (χ2n) is 3.67. The average molecular weight is 283 g/mol. The van der Waals surface area contributed by atoms with Gasteiger partial charge < -0.3 is 20.5 Å². The Labute approximate surface area is 113 Å². The number of aliphatic carboxylic acids is 1. The van der Waals surface area contributed by atoms with E-state index >= 15 is 0 Å². The number of benzene rings is 1. The molecule has 0 spiro atoms. The Morgan fingerprint density at radius 1 is 1.40 bits per heavy atom. The number of ether oxygens (including phenoxy) is 1. The summed E-state index contributed by atoms with van der Waals surface area (Å²) in [6.45, 7) is -0.627. The third-order valence-corrected chi connectivity index (χ3v) is 2.27. The number of anilines is 1. The standard InChI is InChI=1S/C11H13N3O6/c1-20-9-4-7(2-3-8(9)14(18)19)12-5-10(15)13-6-11(16)17/h2-4,12H,5-6H2,1H3,(H,13,15)(H,16,17). The minimum Gasteiger partial charge on any atom is -0.490 e. The molecule has 0 heterocycles. The van der Waals surface area contributed by atoms with E-state index in [0.717, 1.165) is 0 Å². The number of nitrogens with one attached hydrogen (secondary N) is 2. The van der Waals surface area contributed by atoms with Crippen molar-refractivity contribution < 1.29 is 24.4 Å². The van der Waals surface area contributed by atoms with Gasteiger partial charge in [-0.25, -0.2) is 0 Å². The molecular weight excluding hydrogens is 270 g/mol. The number of hydrogen-bond donors (Lipinski definition) is 3. The van der Waals surface area contributed by atoms with Gasteiger partial charge in [0.25, 0.3) is 0 Å². The van der Waals surface area contributed by atoms with Crippen molar-refractivity contribution in [3.05, 3.63) is 28.3 Å². The molecule has 0 atom stereocenters. The van der Waals surface area contributed by atoms with Crippen molar-refractivity contribution in [2.24, 2.45) is 0 Å². The number of hydrogen-bond acceptors (Lipinski definition) is 6. The lowest BCUT2D eigenvalue weighted by Crippen LogP contribution is -2.33. The predicted octanol–water partition coefficient (Wildman–Crippen LogP) is 0.216. The molecule has 0 fully saturated rings. The van der Waals surface area contributed by atoms with Crippen LogP contribution in [-0.2, 0) is 9.59 Å². The molecule has 0 bridgehead atoms. The molecule has 9 heteroatoms. The number of carbonyl (C=O) groups excluding carboxylic acids is 1. The van der Waals surface area contributed by atoms with Gasteiger partial charge in [-0.2, -0.15) is 0 Å². The SMILES string of the molecule is COc1cc(NCC(=O)NCC(=O)O)ccc1[N+](=O)[O-]. The van der Waals surface area contributed by atoms with Crippen LogP contribution in [0.15, 0.2) is 18.2 Å². The molecule has 0 saturated carbocycles. The monoisotopic (exact) mass is 283 g/mol. The second-order valence-corrected chi connectivity index (χ2v) is 3.67. The maximum Gasteiger partial charge on any atom is 0.322 e. The summed E-state index contributed by atoms with van der Waals surface area (Å²) in [4.78, 5) is 31.6. The normalized spacial score (nSPS) is 9.65. The summed E-state index contributed by atoms with van der Waals surface area (Å²) in [5.74, 6) is -1.59. The zero-order valence-corrected chi connectivity index (χ0v) is 10.6. The highest BCUT2D eigenvalue weighted by molar-refractivity contribution is 5.84. The Balaban J connectivity index is 2.63. The van der Waals surface area contributed by atoms with Gasteiger partial charge in [-0.05, 0) is 6.07 Å². The molecule has 20 heavy (non-hydrogen) atoms. The summed E-state index contributed by atoms with van der Waals surface area (Å²) in [5, 5.41) is 23.9. The molecule has 0 aliphatic rings. The van der Waals surface area contributed by atoms with Gasteiger partial charge in [0, 0.05) is 17.8 Å². The first-order chi connectivity index (χ1) is 9.43. The molecule has 0 aromatic heterocycles. The molecule has 1 aromatic carbocycles. The average Bonchev–Trinajstić information content (AvgIpc) is 2.42. The molecule has 1 amide bonds. The molecule has 108 valence electrons. The van der Waals surface area contributed by atoms with Gasteiger partial charge in [0.2, 0.25) is 5.91 Å². The van der Waals surface area contributed by atoms with Crippen LogP contribution in [0.2, 0.25) is 0 Å². The van der Waals surface area contributed by atoms with E-state index in [1.54, 1.807) is 0 Å². The van der Waals surface area contributed by atoms with Crippen molar-refractivity contribution in [3.63, 3.8) is 0 Å². The highest BCUT2D eigenvalue weighted by Crippen LogP contribution is 2.29. The van der Waals surface area contributed by atoms with E-state index in [1.807, 2.05) is 0 Å². The molecule has 0 unspecified atom stereocenters. The van der Waals surface area contributed by atoms with E-state index in [-0.39, 0.29) is 18.0 Å². The summed E-state index contributed by atoms with van der Waals surface area (Å²) in [6.07, 6.45) is 0. The Morgan fingerprint density at radius 3 is 2.65 bits per heavy atom. The number of carboxylic acid groups (broad SMARTS) is 1. The van der Waals surface area contributed by atoms with Crippen molar-refractivity contribution in [1.82, 2.24) is 5.32 Å². The van der Waals surface area contributed by atoms with Crippen LogP contribution in [0.5, 0.6) is 5.75 Å². The third kappa shape index (κ3) is 4.44. The number of amides is 1. The first-order valence-electron chi connectivity index (χ1n) is 5.49. The lowest BCUT2D eigenvalue weighted by Gasteiger charge is -2.08. The number of carbonyl (C=O) groups is 2. The van der Waals surface area contributed by atoms with E-state index in [2.05, 4.69) is 10.6 Å². The molecule has 3 N–H and O–H groups in total. The zero-order valence-electron chi connectivity index (χ0n) is 10.6. The first-order valence-corrected chi connectivity index (χ1v) is 5.49. The summed E-state index contributed by atoms with van der Waals surface area (Å²) < 4.78 is 4.87. The quantitative estimate of drug-likeness (QED) is 0.481.